The van der Waals surface area contributed by atoms with Gasteiger partial charge in [0.15, 0.2) is 6.10 Å². The Labute approximate surface area is 125 Å². The van der Waals surface area contributed by atoms with E-state index in [9.17, 15) is 4.79 Å². The highest BCUT2D eigenvalue weighted by Gasteiger charge is 2.14. The summed E-state index contributed by atoms with van der Waals surface area (Å²) in [6.07, 6.45) is 1.16. The number of hydrogen-bond donors (Lipinski definition) is 1. The lowest BCUT2D eigenvalue weighted by Crippen LogP contribution is -2.36. The molecular weight excluding hydrogens is 264 g/mol. The number of hydrogen-bond acceptors (Lipinski definition) is 3. The molecule has 1 atom stereocenters. The van der Waals surface area contributed by atoms with E-state index in [1.165, 1.54) is 5.56 Å². The number of rotatable bonds is 5. The van der Waals surface area contributed by atoms with Crippen LogP contribution in [0.15, 0.2) is 42.6 Å². The zero-order chi connectivity index (χ0) is 15.2. The van der Waals surface area contributed by atoms with Gasteiger partial charge in [-0.2, -0.15) is 0 Å². The lowest BCUT2D eigenvalue weighted by atomic mass is 10.1. The molecule has 0 bridgehead atoms. The maximum atomic E-state index is 12.0. The van der Waals surface area contributed by atoms with Crippen LogP contribution in [-0.2, 0) is 11.3 Å². The average molecular weight is 284 g/mol. The van der Waals surface area contributed by atoms with Crippen molar-refractivity contribution in [1.29, 1.82) is 0 Å². The first kappa shape index (κ1) is 15.0. The van der Waals surface area contributed by atoms with Crippen molar-refractivity contribution in [3.63, 3.8) is 0 Å². The molecule has 1 aromatic heterocycles. The molecule has 21 heavy (non-hydrogen) atoms. The van der Waals surface area contributed by atoms with Gasteiger partial charge in [-0.3, -0.25) is 9.78 Å². The maximum Gasteiger partial charge on any atom is 0.261 e. The molecule has 0 unspecified atom stereocenters. The van der Waals surface area contributed by atoms with Crippen LogP contribution >= 0.6 is 0 Å². The predicted molar refractivity (Wildman–Crippen MR) is 82.1 cm³/mol. The first-order chi connectivity index (χ1) is 10.1. The second-order valence-corrected chi connectivity index (χ2v) is 5.05. The Morgan fingerprint density at radius 3 is 2.71 bits per heavy atom. The van der Waals surface area contributed by atoms with Crippen LogP contribution in [-0.4, -0.2) is 17.0 Å². The van der Waals surface area contributed by atoms with Gasteiger partial charge in [0.25, 0.3) is 5.91 Å². The zero-order valence-corrected chi connectivity index (χ0v) is 12.6. The largest absolute Gasteiger partial charge is 0.481 e. The van der Waals surface area contributed by atoms with E-state index in [0.717, 1.165) is 11.3 Å². The van der Waals surface area contributed by atoms with Gasteiger partial charge < -0.3 is 10.1 Å². The van der Waals surface area contributed by atoms with Crippen molar-refractivity contribution in [3.05, 3.63) is 59.4 Å². The van der Waals surface area contributed by atoms with E-state index in [1.54, 1.807) is 13.1 Å². The molecule has 0 aliphatic carbocycles. The van der Waals surface area contributed by atoms with Gasteiger partial charge >= 0.3 is 0 Å². The third kappa shape index (κ3) is 4.31. The van der Waals surface area contributed by atoms with Crippen LogP contribution in [0.3, 0.4) is 0 Å². The summed E-state index contributed by atoms with van der Waals surface area (Å²) in [5.41, 5.74) is 3.17. The molecule has 0 radical (unpaired) electrons. The first-order valence-corrected chi connectivity index (χ1v) is 6.98. The number of carbonyl (C=O) groups excluding carboxylic acids is 1. The average Bonchev–Trinajstić information content (AvgIpc) is 2.49. The van der Waals surface area contributed by atoms with Crippen LogP contribution in [0.1, 0.15) is 23.7 Å². The summed E-state index contributed by atoms with van der Waals surface area (Å²) in [6.45, 7) is 6.21. The van der Waals surface area contributed by atoms with E-state index >= 15 is 0 Å². The van der Waals surface area contributed by atoms with Crippen LogP contribution in [0.4, 0.5) is 0 Å². The quantitative estimate of drug-likeness (QED) is 0.918. The van der Waals surface area contributed by atoms with Crippen LogP contribution in [0.2, 0.25) is 0 Å². The Kier molecular flexibility index (Phi) is 4.93. The Bertz CT molecular complexity index is 611. The molecule has 0 saturated heterocycles. The molecule has 4 heteroatoms. The first-order valence-electron chi connectivity index (χ1n) is 6.98. The summed E-state index contributed by atoms with van der Waals surface area (Å²) in [7, 11) is 0. The van der Waals surface area contributed by atoms with Crippen molar-refractivity contribution in [2.24, 2.45) is 0 Å². The van der Waals surface area contributed by atoms with Crippen molar-refractivity contribution in [2.45, 2.75) is 33.4 Å². The molecule has 2 rings (SSSR count). The van der Waals surface area contributed by atoms with Crippen molar-refractivity contribution >= 4 is 5.91 Å². The Hall–Kier alpha value is -2.36. The molecule has 1 heterocycles. The van der Waals surface area contributed by atoms with E-state index in [1.807, 2.05) is 50.2 Å². The topological polar surface area (TPSA) is 51.2 Å². The lowest BCUT2D eigenvalue weighted by Gasteiger charge is -2.15. The number of carbonyl (C=O) groups is 1. The normalized spacial score (nSPS) is 11.8. The molecule has 2 aromatic rings. The van der Waals surface area contributed by atoms with E-state index in [-0.39, 0.29) is 5.91 Å². The highest BCUT2D eigenvalue weighted by atomic mass is 16.5. The molecular formula is C17H20N2O2. The Morgan fingerprint density at radius 2 is 2.05 bits per heavy atom. The minimum atomic E-state index is -0.546. The van der Waals surface area contributed by atoms with Gasteiger partial charge in [0.2, 0.25) is 0 Å². The van der Waals surface area contributed by atoms with Crippen molar-refractivity contribution in [3.8, 4) is 5.75 Å². The van der Waals surface area contributed by atoms with E-state index in [2.05, 4.69) is 10.3 Å². The standard InChI is InChI=1S/C17H20N2O2/c1-12-7-8-16(10-13(12)2)21-14(3)17(20)19-11-15-6-4-5-9-18-15/h4-10,14H,11H2,1-3H3,(H,19,20)/t14-/m0/s1. The number of pyridine rings is 1. The highest BCUT2D eigenvalue weighted by molar-refractivity contribution is 5.80. The Balaban J connectivity index is 1.88. The van der Waals surface area contributed by atoms with Gasteiger partial charge in [0.1, 0.15) is 5.75 Å². The fourth-order valence-electron chi connectivity index (χ4n) is 1.87. The molecule has 0 aliphatic heterocycles. The van der Waals surface area contributed by atoms with Gasteiger partial charge in [-0.1, -0.05) is 12.1 Å². The lowest BCUT2D eigenvalue weighted by molar-refractivity contribution is -0.127. The van der Waals surface area contributed by atoms with Gasteiger partial charge in [-0.05, 0) is 56.2 Å². The monoisotopic (exact) mass is 284 g/mol. The molecule has 1 aromatic carbocycles. The van der Waals surface area contributed by atoms with Crippen LogP contribution in [0.5, 0.6) is 5.75 Å². The zero-order valence-electron chi connectivity index (χ0n) is 12.6. The minimum Gasteiger partial charge on any atom is -0.481 e. The summed E-state index contributed by atoms with van der Waals surface area (Å²) in [5, 5.41) is 2.82. The number of nitrogens with one attached hydrogen (secondary N) is 1. The second kappa shape index (κ2) is 6.88. The van der Waals surface area contributed by atoms with Gasteiger partial charge in [-0.25, -0.2) is 0 Å². The third-order valence-corrected chi connectivity index (χ3v) is 3.33. The molecule has 1 N–H and O–H groups in total. The number of aromatic nitrogens is 1. The van der Waals surface area contributed by atoms with Crippen molar-refractivity contribution < 1.29 is 9.53 Å². The fourth-order valence-corrected chi connectivity index (χ4v) is 1.87. The summed E-state index contributed by atoms with van der Waals surface area (Å²) in [5.74, 6) is 0.553. The molecule has 0 saturated carbocycles. The number of benzene rings is 1. The SMILES string of the molecule is Cc1ccc(O[C@@H](C)C(=O)NCc2ccccn2)cc1C. The molecule has 0 spiro atoms. The van der Waals surface area contributed by atoms with E-state index in [0.29, 0.717) is 12.3 Å². The van der Waals surface area contributed by atoms with Gasteiger partial charge in [-0.15, -0.1) is 0 Å². The number of amides is 1. The highest BCUT2D eigenvalue weighted by Crippen LogP contribution is 2.17. The van der Waals surface area contributed by atoms with Crippen LogP contribution < -0.4 is 10.1 Å². The van der Waals surface area contributed by atoms with E-state index < -0.39 is 6.10 Å². The predicted octanol–water partition coefficient (Wildman–Crippen LogP) is 2.78. The van der Waals surface area contributed by atoms with Gasteiger partial charge in [0, 0.05) is 6.20 Å². The smallest absolute Gasteiger partial charge is 0.261 e. The summed E-state index contributed by atoms with van der Waals surface area (Å²) in [4.78, 5) is 16.2. The Morgan fingerprint density at radius 1 is 1.24 bits per heavy atom. The number of aryl methyl sites for hydroxylation is 2. The maximum absolute atomic E-state index is 12.0. The summed E-state index contributed by atoms with van der Waals surface area (Å²) < 4.78 is 5.67. The molecule has 0 aliphatic rings. The number of nitrogens with zero attached hydrogens (tertiary/aromatic N) is 1. The fraction of sp³-hybridized carbons (Fsp3) is 0.294. The summed E-state index contributed by atoms with van der Waals surface area (Å²) in [6, 6.07) is 11.4. The van der Waals surface area contributed by atoms with E-state index in [4.69, 9.17) is 4.74 Å². The van der Waals surface area contributed by atoms with Gasteiger partial charge in [0.05, 0.1) is 12.2 Å². The van der Waals surface area contributed by atoms with Crippen molar-refractivity contribution in [2.75, 3.05) is 0 Å². The molecule has 1 amide bonds. The van der Waals surface area contributed by atoms with Crippen molar-refractivity contribution in [1.82, 2.24) is 10.3 Å². The minimum absolute atomic E-state index is 0.154. The molecule has 4 nitrogen and oxygen atoms in total. The number of ether oxygens (including phenoxy) is 1. The molecule has 110 valence electrons. The third-order valence-electron chi connectivity index (χ3n) is 3.33. The second-order valence-electron chi connectivity index (χ2n) is 5.05. The van der Waals surface area contributed by atoms with Crippen LogP contribution in [0.25, 0.3) is 0 Å². The summed E-state index contributed by atoms with van der Waals surface area (Å²) >= 11 is 0. The molecule has 0 fully saturated rings. The van der Waals surface area contributed by atoms with Crippen LogP contribution in [0, 0.1) is 13.8 Å².